The predicted octanol–water partition coefficient (Wildman–Crippen LogP) is 6.98. The molecular weight excluding hydrogens is 688 g/mol. The van der Waals surface area contributed by atoms with Crippen LogP contribution in [0, 0.1) is 6.92 Å². The summed E-state index contributed by atoms with van der Waals surface area (Å²) in [5.74, 6) is -1.91. The van der Waals surface area contributed by atoms with Gasteiger partial charge < -0.3 is 15.4 Å². The Hall–Kier alpha value is -5.72. The zero-order chi connectivity index (χ0) is 35.6. The number of hydrogen-bond donors (Lipinski definition) is 2. The second kappa shape index (κ2) is 14.3. The molecule has 1 aliphatic carbocycles. The maximum atomic E-state index is 13.9. The van der Waals surface area contributed by atoms with Gasteiger partial charge in [0, 0.05) is 22.5 Å². The van der Waals surface area contributed by atoms with Crippen LogP contribution in [0.15, 0.2) is 95.8 Å². The van der Waals surface area contributed by atoms with E-state index >= 15 is 0 Å². The Morgan fingerprint density at radius 3 is 2.29 bits per heavy atom. The molecule has 0 spiro atoms. The summed E-state index contributed by atoms with van der Waals surface area (Å²) < 4.78 is 10.2. The molecule has 3 heterocycles. The van der Waals surface area contributed by atoms with Crippen LogP contribution in [-0.2, 0) is 29.4 Å². The Morgan fingerprint density at radius 2 is 1.57 bits per heavy atom. The average Bonchev–Trinajstić information content (AvgIpc) is 3.81. The Balaban J connectivity index is 1.11. The number of anilines is 2. The molecule has 0 saturated heterocycles. The predicted molar refractivity (Wildman–Crippen MR) is 198 cm³/mol. The number of nitrogens with zero attached hydrogens (tertiary/aromatic N) is 4. The maximum absolute atomic E-state index is 13.9. The number of rotatable bonds is 9. The van der Waals surface area contributed by atoms with Crippen molar-refractivity contribution in [1.82, 2.24) is 19.1 Å². The topological polar surface area (TPSA) is 129 Å². The van der Waals surface area contributed by atoms with Crippen LogP contribution in [0.2, 0.25) is 5.02 Å². The minimum Gasteiger partial charge on any atom is -0.451 e. The quantitative estimate of drug-likeness (QED) is 0.155. The number of hydrogen-bond acceptors (Lipinski definition) is 7. The Bertz CT molecular complexity index is 2340. The van der Waals surface area contributed by atoms with Gasteiger partial charge in [-0.3, -0.25) is 19.1 Å². The molecule has 6 aromatic rings. The second-order valence-electron chi connectivity index (χ2n) is 12.1. The molecular formula is C38H33ClN6O5S. The second-order valence-corrected chi connectivity index (χ2v) is 13.6. The first-order chi connectivity index (χ1) is 24.7. The zero-order valence-corrected chi connectivity index (χ0v) is 29.4. The third-order valence-corrected chi connectivity index (χ3v) is 10.4. The highest BCUT2D eigenvalue weighted by Crippen LogP contribution is 2.39. The number of nitrogens with one attached hydrogen (secondary N) is 2. The van der Waals surface area contributed by atoms with Crippen LogP contribution < -0.4 is 16.2 Å². The lowest BCUT2D eigenvalue weighted by atomic mass is 9.95. The molecule has 0 bridgehead atoms. The first-order valence-electron chi connectivity index (χ1n) is 16.4. The van der Waals surface area contributed by atoms with Crippen LogP contribution in [0.3, 0.4) is 0 Å². The lowest BCUT2D eigenvalue weighted by molar-refractivity contribution is -0.119. The van der Waals surface area contributed by atoms with Crippen LogP contribution >= 0.6 is 22.9 Å². The number of aryl methyl sites for hydroxylation is 1. The van der Waals surface area contributed by atoms with E-state index in [2.05, 4.69) is 15.7 Å². The van der Waals surface area contributed by atoms with Gasteiger partial charge in [-0.2, -0.15) is 5.10 Å². The van der Waals surface area contributed by atoms with Crippen LogP contribution in [0.4, 0.5) is 10.7 Å². The molecule has 11 nitrogen and oxygen atoms in total. The van der Waals surface area contributed by atoms with Crippen molar-refractivity contribution in [2.45, 2.75) is 32.6 Å². The maximum Gasteiger partial charge on any atom is 0.359 e. The number of thiophene rings is 1. The summed E-state index contributed by atoms with van der Waals surface area (Å²) in [5.41, 5.74) is 4.14. The summed E-state index contributed by atoms with van der Waals surface area (Å²) in [5, 5.41) is 11.0. The highest BCUT2D eigenvalue weighted by Gasteiger charge is 2.29. The Kier molecular flexibility index (Phi) is 9.44. The van der Waals surface area contributed by atoms with E-state index in [1.54, 1.807) is 35.5 Å². The lowest BCUT2D eigenvalue weighted by Gasteiger charge is -2.13. The van der Waals surface area contributed by atoms with Gasteiger partial charge in [0.1, 0.15) is 10.7 Å². The Morgan fingerprint density at radius 1 is 0.902 bits per heavy atom. The molecule has 0 unspecified atom stereocenters. The fourth-order valence-corrected chi connectivity index (χ4v) is 7.79. The van der Waals surface area contributed by atoms with Crippen LogP contribution in [-0.4, -0.2) is 43.5 Å². The van der Waals surface area contributed by atoms with E-state index in [1.165, 1.54) is 16.0 Å². The number of esters is 1. The van der Waals surface area contributed by atoms with E-state index in [1.807, 2.05) is 78.9 Å². The number of amides is 2. The van der Waals surface area contributed by atoms with Gasteiger partial charge in [-0.1, -0.05) is 66.2 Å². The van der Waals surface area contributed by atoms with Crippen molar-refractivity contribution in [2.24, 2.45) is 7.05 Å². The van der Waals surface area contributed by atoms with Gasteiger partial charge in [-0.05, 0) is 74.6 Å². The normalized spacial score (nSPS) is 12.3. The number of fused-ring (bicyclic) bond motifs is 1. The van der Waals surface area contributed by atoms with Gasteiger partial charge >= 0.3 is 5.97 Å². The van der Waals surface area contributed by atoms with Crippen molar-refractivity contribution < 1.29 is 19.1 Å². The number of aromatic nitrogens is 4. The molecule has 0 saturated carbocycles. The van der Waals surface area contributed by atoms with E-state index in [0.29, 0.717) is 50.3 Å². The standard InChI is InChI=1S/C38H33ClN6O5S/c1-23-34(37(48)45(43(23)2)25-15-7-4-8-16-25)41-35(47)33-27-18-10-12-20-31(27)51-36(33)40-32(46)22-50-38(49)29-21-30(26-17-9-11-19-28(26)39)44(42-29)24-13-5-3-6-14-24/h3-9,11,13-17,19,21H,10,12,18,20,22H2,1-2H3,(H,40,46)(H,41,47). The first kappa shape index (κ1) is 33.8. The van der Waals surface area contributed by atoms with E-state index in [0.717, 1.165) is 29.7 Å². The summed E-state index contributed by atoms with van der Waals surface area (Å²) >= 11 is 7.82. The fraction of sp³-hybridized carbons (Fsp3) is 0.184. The number of carbonyl (C=O) groups excluding carboxylic acids is 3. The van der Waals surface area contributed by atoms with E-state index < -0.39 is 24.4 Å². The number of benzene rings is 3. The van der Waals surface area contributed by atoms with E-state index in [-0.39, 0.29) is 16.9 Å². The molecule has 2 amide bonds. The SMILES string of the molecule is Cc1c(NC(=O)c2c(NC(=O)COC(=O)c3cc(-c4ccccc4Cl)n(-c4ccccc4)n3)sc3c2CCCC3)c(=O)n(-c2ccccc2)n1C. The summed E-state index contributed by atoms with van der Waals surface area (Å²) in [7, 11) is 1.75. The largest absolute Gasteiger partial charge is 0.451 e. The van der Waals surface area contributed by atoms with Crippen molar-refractivity contribution in [3.8, 4) is 22.6 Å². The van der Waals surface area contributed by atoms with Gasteiger partial charge in [0.05, 0.1) is 28.3 Å². The number of para-hydroxylation sites is 2. The molecule has 3 aromatic carbocycles. The van der Waals surface area contributed by atoms with Crippen molar-refractivity contribution in [3.05, 3.63) is 134 Å². The molecule has 2 N–H and O–H groups in total. The molecule has 7 rings (SSSR count). The lowest BCUT2D eigenvalue weighted by Crippen LogP contribution is -2.25. The van der Waals surface area contributed by atoms with Crippen LogP contribution in [0.5, 0.6) is 0 Å². The third kappa shape index (κ3) is 6.63. The van der Waals surface area contributed by atoms with E-state index in [9.17, 15) is 19.2 Å². The molecule has 0 aliphatic heterocycles. The van der Waals surface area contributed by atoms with Crippen molar-refractivity contribution in [3.63, 3.8) is 0 Å². The van der Waals surface area contributed by atoms with Crippen molar-refractivity contribution in [2.75, 3.05) is 17.2 Å². The summed E-state index contributed by atoms with van der Waals surface area (Å²) in [6.07, 6.45) is 3.30. The highest BCUT2D eigenvalue weighted by molar-refractivity contribution is 7.17. The summed E-state index contributed by atoms with van der Waals surface area (Å²) in [4.78, 5) is 55.0. The molecule has 13 heteroatoms. The van der Waals surface area contributed by atoms with Crippen molar-refractivity contribution in [1.29, 1.82) is 0 Å². The van der Waals surface area contributed by atoms with E-state index in [4.69, 9.17) is 16.3 Å². The summed E-state index contributed by atoms with van der Waals surface area (Å²) in [6, 6.07) is 27.2. The minimum atomic E-state index is -0.800. The van der Waals surface area contributed by atoms with Gasteiger partial charge in [-0.25, -0.2) is 14.2 Å². The highest BCUT2D eigenvalue weighted by atomic mass is 35.5. The average molecular weight is 721 g/mol. The molecule has 258 valence electrons. The van der Waals surface area contributed by atoms with Crippen LogP contribution in [0.25, 0.3) is 22.6 Å². The zero-order valence-electron chi connectivity index (χ0n) is 27.8. The van der Waals surface area contributed by atoms with Gasteiger partial charge in [0.15, 0.2) is 12.3 Å². The molecule has 0 fully saturated rings. The third-order valence-electron chi connectivity index (χ3n) is 8.85. The monoisotopic (exact) mass is 720 g/mol. The molecule has 0 radical (unpaired) electrons. The van der Waals surface area contributed by atoms with Gasteiger partial charge in [-0.15, -0.1) is 11.3 Å². The van der Waals surface area contributed by atoms with Gasteiger partial charge in [0.25, 0.3) is 17.4 Å². The first-order valence-corrected chi connectivity index (χ1v) is 17.6. The number of halogens is 1. The molecule has 3 aromatic heterocycles. The number of carbonyl (C=O) groups is 3. The smallest absolute Gasteiger partial charge is 0.359 e. The Labute approximate surface area is 302 Å². The molecule has 51 heavy (non-hydrogen) atoms. The van der Waals surface area contributed by atoms with Crippen LogP contribution in [0.1, 0.15) is 49.8 Å². The summed E-state index contributed by atoms with van der Waals surface area (Å²) in [6.45, 7) is 1.15. The molecule has 1 aliphatic rings. The fourth-order valence-electron chi connectivity index (χ4n) is 6.26. The van der Waals surface area contributed by atoms with Crippen molar-refractivity contribution >= 4 is 51.4 Å². The minimum absolute atomic E-state index is 0.00684. The van der Waals surface area contributed by atoms with Gasteiger partial charge in [0.2, 0.25) is 0 Å². The number of ether oxygens (including phenoxy) is 1. The molecule has 0 atom stereocenters.